The lowest BCUT2D eigenvalue weighted by atomic mass is 10.0. The molecular weight excluding hydrogens is 532 g/mol. The molecule has 5 rings (SSSR count). The van der Waals surface area contributed by atoms with E-state index in [0.29, 0.717) is 41.2 Å². The molecule has 0 saturated carbocycles. The van der Waals surface area contributed by atoms with Crippen LogP contribution < -0.4 is 25.3 Å². The third kappa shape index (κ3) is 5.93. The van der Waals surface area contributed by atoms with E-state index >= 15 is 0 Å². The summed E-state index contributed by atoms with van der Waals surface area (Å²) in [6, 6.07) is 8.75. The van der Waals surface area contributed by atoms with Gasteiger partial charge in [0.15, 0.2) is 5.82 Å². The van der Waals surface area contributed by atoms with E-state index in [1.165, 1.54) is 35.7 Å². The lowest BCUT2D eigenvalue weighted by Crippen LogP contribution is -2.31. The molecule has 2 aromatic carbocycles. The van der Waals surface area contributed by atoms with Crippen molar-refractivity contribution in [3.05, 3.63) is 72.6 Å². The van der Waals surface area contributed by atoms with Gasteiger partial charge in [0.1, 0.15) is 29.5 Å². The number of amides is 1. The van der Waals surface area contributed by atoms with Crippen molar-refractivity contribution >= 4 is 34.6 Å². The maximum absolute atomic E-state index is 14.6. The largest absolute Gasteiger partial charge is 0.494 e. The molecule has 2 aliphatic heterocycles. The zero-order valence-corrected chi connectivity index (χ0v) is 23.2. The van der Waals surface area contributed by atoms with Crippen LogP contribution in [0.25, 0.3) is 0 Å². The Morgan fingerprint density at radius 3 is 2.63 bits per heavy atom. The van der Waals surface area contributed by atoms with Crippen LogP contribution in [0.4, 0.5) is 37.5 Å². The molecule has 1 amide bonds. The summed E-state index contributed by atoms with van der Waals surface area (Å²) in [4.78, 5) is 31.1. The zero-order valence-electron chi connectivity index (χ0n) is 23.2. The van der Waals surface area contributed by atoms with Gasteiger partial charge in [0, 0.05) is 43.2 Å². The Morgan fingerprint density at radius 2 is 1.95 bits per heavy atom. The Kier molecular flexibility index (Phi) is 8.31. The van der Waals surface area contributed by atoms with Crippen LogP contribution in [0.1, 0.15) is 24.4 Å². The number of hydrogen-bond donors (Lipinski definition) is 2. The predicted octanol–water partition coefficient (Wildman–Crippen LogP) is 4.65. The summed E-state index contributed by atoms with van der Waals surface area (Å²) in [5.41, 5.74) is 1.89. The van der Waals surface area contributed by atoms with Crippen molar-refractivity contribution in [2.24, 2.45) is 0 Å². The van der Waals surface area contributed by atoms with Gasteiger partial charge in [0.25, 0.3) is 0 Å². The number of rotatable bonds is 9. The van der Waals surface area contributed by atoms with Gasteiger partial charge in [-0.25, -0.2) is 23.8 Å². The molecule has 0 bridgehead atoms. The second kappa shape index (κ2) is 12.1. The van der Waals surface area contributed by atoms with E-state index in [0.717, 1.165) is 25.2 Å². The summed E-state index contributed by atoms with van der Waals surface area (Å²) in [5.74, 6) is -0.380. The summed E-state index contributed by atoms with van der Waals surface area (Å²) in [5, 5.41) is 7.54. The minimum absolute atomic E-state index is 0.0728. The van der Waals surface area contributed by atoms with E-state index in [1.807, 2.05) is 6.07 Å². The summed E-state index contributed by atoms with van der Waals surface area (Å²) in [6.07, 6.45) is 3.93. The average Bonchev–Trinajstić information content (AvgIpc) is 3.64. The number of hydrogen-bond acceptors (Lipinski definition) is 9. The van der Waals surface area contributed by atoms with Crippen LogP contribution in [-0.4, -0.2) is 67.7 Å². The SMILES string of the molecule is C=CC(=O)Nc1cc(Nc2cc(N3OCC[C@H]3c3c(F)cccc3F)ncn2)c(OC)cc1N1CC[C@@H](N(C)C)C1. The van der Waals surface area contributed by atoms with E-state index in [9.17, 15) is 13.6 Å². The second-order valence-corrected chi connectivity index (χ2v) is 10.1. The Morgan fingerprint density at radius 1 is 1.17 bits per heavy atom. The Hall–Kier alpha value is -4.29. The topological polar surface area (TPSA) is 95.1 Å². The molecule has 0 unspecified atom stereocenters. The lowest BCUT2D eigenvalue weighted by Gasteiger charge is -2.26. The molecule has 2 saturated heterocycles. The maximum atomic E-state index is 14.6. The highest BCUT2D eigenvalue weighted by molar-refractivity contribution is 6.02. The van der Waals surface area contributed by atoms with Gasteiger partial charge in [-0.3, -0.25) is 9.63 Å². The van der Waals surface area contributed by atoms with Crippen LogP contribution >= 0.6 is 0 Å². The van der Waals surface area contributed by atoms with E-state index in [1.54, 1.807) is 19.2 Å². The molecule has 0 spiro atoms. The summed E-state index contributed by atoms with van der Waals surface area (Å²) < 4.78 is 34.9. The van der Waals surface area contributed by atoms with Gasteiger partial charge in [-0.2, -0.15) is 0 Å². The summed E-state index contributed by atoms with van der Waals surface area (Å²) in [6.45, 7) is 5.48. The van der Waals surface area contributed by atoms with Gasteiger partial charge in [-0.15, -0.1) is 0 Å². The molecule has 1 aromatic heterocycles. The number of aromatic nitrogens is 2. The number of carbonyl (C=O) groups excluding carboxylic acids is 1. The van der Waals surface area contributed by atoms with Gasteiger partial charge in [-0.05, 0) is 44.8 Å². The maximum Gasteiger partial charge on any atom is 0.247 e. The van der Waals surface area contributed by atoms with E-state index < -0.39 is 17.7 Å². The first-order chi connectivity index (χ1) is 19.8. The minimum Gasteiger partial charge on any atom is -0.494 e. The molecule has 216 valence electrons. The van der Waals surface area contributed by atoms with E-state index in [4.69, 9.17) is 9.57 Å². The first-order valence-corrected chi connectivity index (χ1v) is 13.3. The van der Waals surface area contributed by atoms with Gasteiger partial charge in [0.05, 0.1) is 36.8 Å². The second-order valence-electron chi connectivity index (χ2n) is 10.1. The number of ether oxygens (including phenoxy) is 1. The van der Waals surface area contributed by atoms with Crippen molar-refractivity contribution in [3.8, 4) is 5.75 Å². The highest BCUT2D eigenvalue weighted by Crippen LogP contribution is 2.41. The highest BCUT2D eigenvalue weighted by atomic mass is 19.1. The third-order valence-electron chi connectivity index (χ3n) is 7.37. The fourth-order valence-electron chi connectivity index (χ4n) is 5.22. The Balaban J connectivity index is 1.45. The summed E-state index contributed by atoms with van der Waals surface area (Å²) in [7, 11) is 5.68. The fraction of sp³-hybridized carbons (Fsp3) is 0.345. The predicted molar refractivity (Wildman–Crippen MR) is 154 cm³/mol. The van der Waals surface area contributed by atoms with Gasteiger partial charge in [0.2, 0.25) is 5.91 Å². The molecule has 2 atom stereocenters. The molecule has 0 aliphatic carbocycles. The lowest BCUT2D eigenvalue weighted by molar-refractivity contribution is -0.111. The molecule has 12 heteroatoms. The fourth-order valence-corrected chi connectivity index (χ4v) is 5.22. The number of methoxy groups -OCH3 is 1. The molecule has 3 heterocycles. The number of hydroxylamine groups is 1. The van der Waals surface area contributed by atoms with Crippen molar-refractivity contribution in [1.82, 2.24) is 14.9 Å². The monoisotopic (exact) mass is 565 g/mol. The van der Waals surface area contributed by atoms with Crippen molar-refractivity contribution < 1.29 is 23.1 Å². The number of halogens is 2. The van der Waals surface area contributed by atoms with Gasteiger partial charge < -0.3 is 25.2 Å². The zero-order chi connectivity index (χ0) is 29.1. The highest BCUT2D eigenvalue weighted by Gasteiger charge is 2.33. The molecule has 0 radical (unpaired) electrons. The molecule has 2 aliphatic rings. The molecule has 2 N–H and O–H groups in total. The summed E-state index contributed by atoms with van der Waals surface area (Å²) >= 11 is 0. The quantitative estimate of drug-likeness (QED) is 0.360. The normalized spacial score (nSPS) is 18.6. The van der Waals surface area contributed by atoms with E-state index in [-0.39, 0.29) is 18.1 Å². The number of nitrogens with one attached hydrogen (secondary N) is 2. The number of anilines is 5. The van der Waals surface area contributed by atoms with Crippen LogP contribution in [0.3, 0.4) is 0 Å². The number of benzene rings is 2. The first-order valence-electron chi connectivity index (χ1n) is 13.3. The van der Waals surface area contributed by atoms with Crippen molar-refractivity contribution in [3.63, 3.8) is 0 Å². The van der Waals surface area contributed by atoms with Gasteiger partial charge in [-0.1, -0.05) is 12.6 Å². The van der Waals surface area contributed by atoms with Crippen LogP contribution in [-0.2, 0) is 9.63 Å². The van der Waals surface area contributed by atoms with E-state index in [2.05, 4.69) is 51.1 Å². The Bertz CT molecular complexity index is 1420. The third-order valence-corrected chi connectivity index (χ3v) is 7.37. The van der Waals surface area contributed by atoms with Crippen LogP contribution in [0.2, 0.25) is 0 Å². The minimum atomic E-state index is -0.694. The van der Waals surface area contributed by atoms with Crippen LogP contribution in [0.5, 0.6) is 5.75 Å². The van der Waals surface area contributed by atoms with Crippen molar-refractivity contribution in [2.75, 3.05) is 61.5 Å². The van der Waals surface area contributed by atoms with Crippen molar-refractivity contribution in [1.29, 1.82) is 0 Å². The molecular formula is C29H33F2N7O3. The standard InChI is InChI=1S/C29H33F2N7O3/c1-5-28(39)35-21-13-22(25(40-4)14-24(21)37-11-9-18(16-37)36(2)3)34-26-15-27(33-17-32-26)38-23(10-12-41-38)29-19(30)7-6-8-20(29)31/h5-8,13-15,17-18,23H,1,9-12,16H2,2-4H3,(H,35,39)(H,32,33,34)/t18-,23+/m1/s1. The van der Waals surface area contributed by atoms with Crippen LogP contribution in [0.15, 0.2) is 55.4 Å². The van der Waals surface area contributed by atoms with Crippen molar-refractivity contribution in [2.45, 2.75) is 24.9 Å². The average molecular weight is 566 g/mol. The number of carbonyl (C=O) groups is 1. The number of nitrogens with zero attached hydrogens (tertiary/aromatic N) is 5. The molecule has 41 heavy (non-hydrogen) atoms. The molecule has 3 aromatic rings. The number of likely N-dealkylation sites (N-methyl/N-ethyl adjacent to an activating group) is 1. The molecule has 2 fully saturated rings. The molecule has 10 nitrogen and oxygen atoms in total. The van der Waals surface area contributed by atoms with Crippen LogP contribution in [0, 0.1) is 11.6 Å². The smallest absolute Gasteiger partial charge is 0.247 e. The van der Waals surface area contributed by atoms with Gasteiger partial charge >= 0.3 is 0 Å². The first kappa shape index (κ1) is 28.2. The Labute approximate surface area is 237 Å².